The number of hydrogen-bond acceptors (Lipinski definition) is 4. The van der Waals surface area contributed by atoms with Crippen molar-refractivity contribution in [1.82, 2.24) is 20.2 Å². The fourth-order valence-corrected chi connectivity index (χ4v) is 3.74. The number of nitrogens with zero attached hydrogens (tertiary/aromatic N) is 2. The van der Waals surface area contributed by atoms with E-state index < -0.39 is 0 Å². The molecule has 0 saturated carbocycles. The maximum atomic E-state index is 13.1. The first-order valence-corrected chi connectivity index (χ1v) is 9.45. The fourth-order valence-electron chi connectivity index (χ4n) is 3.74. The molecule has 2 heterocycles. The Morgan fingerprint density at radius 3 is 2.86 bits per heavy atom. The summed E-state index contributed by atoms with van der Waals surface area (Å²) < 4.78 is 13.1. The van der Waals surface area contributed by atoms with Crippen molar-refractivity contribution in [3.05, 3.63) is 65.2 Å². The highest BCUT2D eigenvalue weighted by molar-refractivity contribution is 6.04. The highest BCUT2D eigenvalue weighted by Crippen LogP contribution is 2.25. The molecular weight excluding hydrogens is 371 g/mol. The van der Waals surface area contributed by atoms with Gasteiger partial charge in [0.05, 0.1) is 11.0 Å². The highest BCUT2D eigenvalue weighted by Gasteiger charge is 2.24. The number of carbonyl (C=O) groups excluding carboxylic acids is 1. The second kappa shape index (κ2) is 6.82. The quantitative estimate of drug-likeness (QED) is 0.430. The van der Waals surface area contributed by atoms with Crippen LogP contribution in [0.5, 0.6) is 0 Å². The average Bonchev–Trinajstić information content (AvgIpc) is 3.31. The summed E-state index contributed by atoms with van der Waals surface area (Å²) in [5.41, 5.74) is 11.3. The third-order valence-electron chi connectivity index (χ3n) is 5.26. The normalized spacial score (nSPS) is 16.0. The molecule has 1 unspecified atom stereocenters. The smallest absolute Gasteiger partial charge is 0.276 e. The van der Waals surface area contributed by atoms with E-state index in [2.05, 4.69) is 25.5 Å². The molecule has 1 atom stereocenters. The first-order chi connectivity index (χ1) is 14.1. The molecule has 2 aromatic carbocycles. The number of benzene rings is 2. The van der Waals surface area contributed by atoms with Crippen LogP contribution in [0.2, 0.25) is 0 Å². The fraction of sp³-hybridized carbons (Fsp3) is 0.190. The number of halogens is 1. The lowest BCUT2D eigenvalue weighted by Gasteiger charge is -2.17. The lowest BCUT2D eigenvalue weighted by atomic mass is 9.92. The van der Waals surface area contributed by atoms with E-state index in [1.54, 1.807) is 18.2 Å². The van der Waals surface area contributed by atoms with Gasteiger partial charge >= 0.3 is 0 Å². The Morgan fingerprint density at radius 1 is 1.21 bits per heavy atom. The van der Waals surface area contributed by atoms with Gasteiger partial charge in [0.25, 0.3) is 5.91 Å². The third kappa shape index (κ3) is 3.27. The van der Waals surface area contributed by atoms with E-state index in [0.29, 0.717) is 23.6 Å². The van der Waals surface area contributed by atoms with Gasteiger partial charge in [0.15, 0.2) is 5.69 Å². The predicted octanol–water partition coefficient (Wildman–Crippen LogP) is 3.16. The molecule has 0 saturated heterocycles. The Labute approximate surface area is 165 Å². The summed E-state index contributed by atoms with van der Waals surface area (Å²) in [7, 11) is 0. The van der Waals surface area contributed by atoms with Crippen LogP contribution in [0.15, 0.2) is 42.5 Å². The van der Waals surface area contributed by atoms with Crippen LogP contribution < -0.4 is 11.1 Å². The summed E-state index contributed by atoms with van der Waals surface area (Å²) in [5, 5.41) is 10.0. The molecule has 2 aromatic heterocycles. The minimum Gasteiger partial charge on any atom is -0.338 e. The van der Waals surface area contributed by atoms with Crippen molar-refractivity contribution in [1.29, 1.82) is 0 Å². The number of aromatic amines is 2. The van der Waals surface area contributed by atoms with Crippen molar-refractivity contribution in [3.8, 4) is 11.4 Å². The van der Waals surface area contributed by atoms with Crippen molar-refractivity contribution < 1.29 is 9.18 Å². The van der Waals surface area contributed by atoms with Crippen LogP contribution in [0.4, 0.5) is 10.1 Å². The number of H-pyrrole nitrogens is 2. The van der Waals surface area contributed by atoms with Crippen molar-refractivity contribution >= 4 is 22.6 Å². The molecule has 29 heavy (non-hydrogen) atoms. The Kier molecular flexibility index (Phi) is 4.13. The zero-order chi connectivity index (χ0) is 20.0. The van der Waals surface area contributed by atoms with E-state index in [9.17, 15) is 9.18 Å². The Balaban J connectivity index is 1.40. The number of anilines is 1. The first kappa shape index (κ1) is 17.6. The standard InChI is InChI=1S/C21H19FN6O/c22-12-3-1-11(2-4-12)20-25-16-8-6-14(10-18(16)26-20)24-21(29)19-15-7-5-13(23)9-17(15)27-28-19/h1-4,6,8,10,13H,5,7,9,23H2,(H,24,29)(H,25,26)(H,27,28). The van der Waals surface area contributed by atoms with E-state index in [-0.39, 0.29) is 17.8 Å². The number of amides is 1. The summed E-state index contributed by atoms with van der Waals surface area (Å²) in [6, 6.07) is 11.7. The van der Waals surface area contributed by atoms with Gasteiger partial charge in [-0.05, 0) is 55.3 Å². The molecule has 0 aliphatic heterocycles. The molecule has 0 fully saturated rings. The SMILES string of the molecule is NC1CCc2c(C(=O)Nc3ccc4nc(-c5ccc(F)cc5)[nH]c4c3)n[nH]c2C1. The lowest BCUT2D eigenvalue weighted by Crippen LogP contribution is -2.28. The minimum atomic E-state index is -0.294. The van der Waals surface area contributed by atoms with Gasteiger partial charge in [0.2, 0.25) is 0 Å². The van der Waals surface area contributed by atoms with Gasteiger partial charge in [0.1, 0.15) is 11.6 Å². The van der Waals surface area contributed by atoms with Gasteiger partial charge in [-0.25, -0.2) is 9.37 Å². The number of hydrogen-bond donors (Lipinski definition) is 4. The molecule has 1 aliphatic rings. The lowest BCUT2D eigenvalue weighted by molar-refractivity contribution is 0.102. The largest absolute Gasteiger partial charge is 0.338 e. The average molecular weight is 390 g/mol. The van der Waals surface area contributed by atoms with Gasteiger partial charge in [-0.1, -0.05) is 0 Å². The molecule has 5 rings (SSSR count). The van der Waals surface area contributed by atoms with Crippen LogP contribution in [0.1, 0.15) is 28.2 Å². The van der Waals surface area contributed by atoms with E-state index in [4.69, 9.17) is 5.73 Å². The second-order valence-electron chi connectivity index (χ2n) is 7.31. The summed E-state index contributed by atoms with van der Waals surface area (Å²) >= 11 is 0. The number of carbonyl (C=O) groups is 1. The van der Waals surface area contributed by atoms with Gasteiger partial charge in [-0.2, -0.15) is 5.10 Å². The molecule has 1 amide bonds. The maximum absolute atomic E-state index is 13.1. The van der Waals surface area contributed by atoms with Gasteiger partial charge in [0, 0.05) is 35.0 Å². The van der Waals surface area contributed by atoms with E-state index in [0.717, 1.165) is 40.7 Å². The number of nitrogens with two attached hydrogens (primary N) is 1. The van der Waals surface area contributed by atoms with Crippen molar-refractivity contribution in [2.45, 2.75) is 25.3 Å². The molecule has 0 spiro atoms. The van der Waals surface area contributed by atoms with E-state index >= 15 is 0 Å². The maximum Gasteiger partial charge on any atom is 0.276 e. The van der Waals surface area contributed by atoms with E-state index in [1.807, 2.05) is 12.1 Å². The molecular formula is C21H19FN6O. The summed E-state index contributed by atoms with van der Waals surface area (Å²) in [6.07, 6.45) is 2.30. The molecule has 4 aromatic rings. The third-order valence-corrected chi connectivity index (χ3v) is 5.26. The van der Waals surface area contributed by atoms with Crippen LogP contribution in [0.3, 0.4) is 0 Å². The van der Waals surface area contributed by atoms with E-state index in [1.165, 1.54) is 12.1 Å². The van der Waals surface area contributed by atoms with Crippen LogP contribution in [-0.4, -0.2) is 32.1 Å². The summed E-state index contributed by atoms with van der Waals surface area (Å²) in [5.74, 6) is 0.0918. The highest BCUT2D eigenvalue weighted by atomic mass is 19.1. The van der Waals surface area contributed by atoms with Crippen molar-refractivity contribution in [3.63, 3.8) is 0 Å². The Bertz CT molecular complexity index is 1210. The molecule has 7 nitrogen and oxygen atoms in total. The van der Waals surface area contributed by atoms with Gasteiger partial charge in [-0.15, -0.1) is 0 Å². The Morgan fingerprint density at radius 2 is 2.03 bits per heavy atom. The zero-order valence-corrected chi connectivity index (χ0v) is 15.5. The number of rotatable bonds is 3. The zero-order valence-electron chi connectivity index (χ0n) is 15.5. The molecule has 146 valence electrons. The minimum absolute atomic E-state index is 0.108. The molecule has 8 heteroatoms. The van der Waals surface area contributed by atoms with Crippen LogP contribution >= 0.6 is 0 Å². The van der Waals surface area contributed by atoms with Gasteiger partial charge < -0.3 is 16.0 Å². The number of aromatic nitrogens is 4. The van der Waals surface area contributed by atoms with Crippen LogP contribution in [0, 0.1) is 5.82 Å². The first-order valence-electron chi connectivity index (χ1n) is 9.45. The van der Waals surface area contributed by atoms with Crippen molar-refractivity contribution in [2.75, 3.05) is 5.32 Å². The number of imidazole rings is 1. The van der Waals surface area contributed by atoms with Crippen molar-refractivity contribution in [2.24, 2.45) is 5.73 Å². The summed E-state index contributed by atoms with van der Waals surface area (Å²) in [4.78, 5) is 20.5. The molecule has 0 radical (unpaired) electrons. The number of nitrogens with one attached hydrogen (secondary N) is 3. The topological polar surface area (TPSA) is 112 Å². The summed E-state index contributed by atoms with van der Waals surface area (Å²) in [6.45, 7) is 0. The van der Waals surface area contributed by atoms with Crippen LogP contribution in [-0.2, 0) is 12.8 Å². The molecule has 0 bridgehead atoms. The predicted molar refractivity (Wildman–Crippen MR) is 108 cm³/mol. The van der Waals surface area contributed by atoms with Gasteiger partial charge in [-0.3, -0.25) is 9.89 Å². The Hall–Kier alpha value is -3.52. The molecule has 1 aliphatic carbocycles. The second-order valence-corrected chi connectivity index (χ2v) is 7.31. The monoisotopic (exact) mass is 390 g/mol. The molecule has 5 N–H and O–H groups in total. The van der Waals surface area contributed by atoms with Crippen LogP contribution in [0.25, 0.3) is 22.4 Å². The number of fused-ring (bicyclic) bond motifs is 2.